The molecule has 8 nitrogen and oxygen atoms in total. The van der Waals surface area contributed by atoms with Gasteiger partial charge in [-0.25, -0.2) is 4.57 Å². The standard InChI is InChI=1S/C4H11NO3.C2H6ClO4P/c5-4(1-6,2-7)3-8;1-2-6-8(4,5)7-3/h6-8H,1-3,5H2;2H2,1H3,(H,4,5). The zero-order valence-corrected chi connectivity index (χ0v) is 10.4. The van der Waals surface area contributed by atoms with E-state index in [2.05, 4.69) is 20.5 Å². The Labute approximate surface area is 98.3 Å². The van der Waals surface area contributed by atoms with E-state index in [9.17, 15) is 4.57 Å². The maximum Gasteiger partial charge on any atom is 0.488 e. The number of aliphatic hydroxyl groups is 3. The molecule has 0 aromatic heterocycles. The van der Waals surface area contributed by atoms with Crippen LogP contribution in [-0.4, -0.2) is 52.2 Å². The monoisotopic (exact) mass is 281 g/mol. The Morgan fingerprint density at radius 3 is 1.75 bits per heavy atom. The van der Waals surface area contributed by atoms with Gasteiger partial charge in [0, 0.05) is 0 Å². The van der Waals surface area contributed by atoms with Gasteiger partial charge in [-0.3, -0.25) is 4.52 Å². The molecule has 1 unspecified atom stereocenters. The minimum Gasteiger partial charge on any atom is -0.394 e. The maximum atomic E-state index is 10.2. The Morgan fingerprint density at radius 1 is 1.31 bits per heavy atom. The molecule has 0 spiro atoms. The first-order valence-electron chi connectivity index (χ1n) is 4.20. The third-order valence-corrected chi connectivity index (χ3v) is 2.61. The second kappa shape index (κ2) is 9.29. The maximum absolute atomic E-state index is 10.2. The summed E-state index contributed by atoms with van der Waals surface area (Å²) < 4.78 is 17.8. The third-order valence-electron chi connectivity index (χ3n) is 1.32. The fourth-order valence-corrected chi connectivity index (χ4v) is 0.819. The third kappa shape index (κ3) is 9.46. The molecule has 6 N–H and O–H groups in total. The second-order valence-corrected chi connectivity index (χ2v) is 4.54. The van der Waals surface area contributed by atoms with Crippen molar-refractivity contribution in [3.05, 3.63) is 0 Å². The lowest BCUT2D eigenvalue weighted by Gasteiger charge is -2.20. The predicted octanol–water partition coefficient (Wildman–Crippen LogP) is -1.05. The SMILES string of the molecule is CCOP(=O)(O)OCl.NC(CO)(CO)CO. The van der Waals surface area contributed by atoms with E-state index in [1.807, 2.05) is 0 Å². The molecule has 10 heteroatoms. The van der Waals surface area contributed by atoms with Gasteiger partial charge < -0.3 is 25.9 Å². The lowest BCUT2D eigenvalue weighted by molar-refractivity contribution is 0.0697. The number of rotatable bonds is 6. The van der Waals surface area contributed by atoms with Gasteiger partial charge in [0.15, 0.2) is 0 Å². The molecule has 16 heavy (non-hydrogen) atoms. The van der Waals surface area contributed by atoms with E-state index in [1.54, 1.807) is 6.92 Å². The number of phosphoric acid groups is 1. The fourth-order valence-electron chi connectivity index (χ4n) is 0.333. The summed E-state index contributed by atoms with van der Waals surface area (Å²) in [5.74, 6) is 0. The number of phosphoric ester groups is 1. The molecule has 0 radical (unpaired) electrons. The smallest absolute Gasteiger partial charge is 0.394 e. The molecular weight excluding hydrogens is 264 g/mol. The molecule has 1 atom stereocenters. The van der Waals surface area contributed by atoms with Crippen molar-refractivity contribution in [2.75, 3.05) is 26.4 Å². The Bertz CT molecular complexity index is 205. The van der Waals surface area contributed by atoms with E-state index in [1.165, 1.54) is 0 Å². The molecule has 0 amide bonds. The quantitative estimate of drug-likeness (QED) is 0.388. The summed E-state index contributed by atoms with van der Waals surface area (Å²) in [7, 11) is -3.91. The lowest BCUT2D eigenvalue weighted by Crippen LogP contribution is -2.50. The van der Waals surface area contributed by atoms with Crippen LogP contribution in [0.5, 0.6) is 0 Å². The van der Waals surface area contributed by atoms with Crippen LogP contribution in [0.2, 0.25) is 0 Å². The summed E-state index contributed by atoms with van der Waals surface area (Å²) in [5.41, 5.74) is 3.94. The van der Waals surface area contributed by atoms with Gasteiger partial charge >= 0.3 is 7.82 Å². The molecule has 0 rings (SSSR count). The summed E-state index contributed by atoms with van der Waals surface area (Å²) in [4.78, 5) is 8.30. The Balaban J connectivity index is 0. The van der Waals surface area contributed by atoms with Crippen LogP contribution in [0.25, 0.3) is 0 Å². The molecule has 0 aliphatic rings. The van der Waals surface area contributed by atoms with E-state index >= 15 is 0 Å². The molecule has 0 fully saturated rings. The molecule has 0 heterocycles. The van der Waals surface area contributed by atoms with Crippen molar-refractivity contribution in [3.8, 4) is 0 Å². The first-order chi connectivity index (χ1) is 7.30. The summed E-state index contributed by atoms with van der Waals surface area (Å²) in [6.07, 6.45) is 0. The number of hydrogen-bond donors (Lipinski definition) is 5. The number of halogens is 1. The van der Waals surface area contributed by atoms with E-state index in [0.717, 1.165) is 0 Å². The van der Waals surface area contributed by atoms with Crippen molar-refractivity contribution in [1.82, 2.24) is 0 Å². The van der Waals surface area contributed by atoms with Crippen LogP contribution in [-0.2, 0) is 13.2 Å². The zero-order valence-electron chi connectivity index (χ0n) is 8.74. The van der Waals surface area contributed by atoms with Crippen LogP contribution in [0.15, 0.2) is 0 Å². The Hall–Kier alpha value is 0.240. The van der Waals surface area contributed by atoms with Gasteiger partial charge in [-0.15, -0.1) is 0 Å². The summed E-state index contributed by atoms with van der Waals surface area (Å²) in [6.45, 7) is 0.444. The highest BCUT2D eigenvalue weighted by atomic mass is 35.5. The largest absolute Gasteiger partial charge is 0.488 e. The van der Waals surface area contributed by atoms with Crippen LogP contribution >= 0.6 is 19.7 Å². The van der Waals surface area contributed by atoms with Crippen molar-refractivity contribution in [2.24, 2.45) is 5.73 Å². The molecule has 0 saturated carbocycles. The first-order valence-corrected chi connectivity index (χ1v) is 6.00. The van der Waals surface area contributed by atoms with Gasteiger partial charge in [-0.1, -0.05) is 0 Å². The molecular formula is C6H17ClNO7P. The van der Waals surface area contributed by atoms with E-state index in [4.69, 9.17) is 25.9 Å². The molecule has 0 aromatic rings. The summed E-state index contributed by atoms with van der Waals surface area (Å²) in [5, 5.41) is 25.0. The van der Waals surface area contributed by atoms with Crippen molar-refractivity contribution < 1.29 is 33.4 Å². The molecule has 0 bridgehead atoms. The van der Waals surface area contributed by atoms with Gasteiger partial charge in [0.2, 0.25) is 0 Å². The van der Waals surface area contributed by atoms with Crippen molar-refractivity contribution in [2.45, 2.75) is 12.5 Å². The summed E-state index contributed by atoms with van der Waals surface area (Å²) >= 11 is 4.53. The van der Waals surface area contributed by atoms with Gasteiger partial charge in [0.05, 0.1) is 43.8 Å². The highest BCUT2D eigenvalue weighted by molar-refractivity contribution is 7.48. The highest BCUT2D eigenvalue weighted by Crippen LogP contribution is 2.44. The number of nitrogens with two attached hydrogens (primary N) is 1. The van der Waals surface area contributed by atoms with E-state index in [0.29, 0.717) is 0 Å². The van der Waals surface area contributed by atoms with Gasteiger partial charge in [0.25, 0.3) is 0 Å². The van der Waals surface area contributed by atoms with Crippen LogP contribution in [0.4, 0.5) is 0 Å². The number of aliphatic hydroxyl groups excluding tert-OH is 3. The highest BCUT2D eigenvalue weighted by Gasteiger charge is 2.20. The number of hydrogen-bond acceptors (Lipinski definition) is 7. The van der Waals surface area contributed by atoms with Crippen molar-refractivity contribution in [3.63, 3.8) is 0 Å². The topological polar surface area (TPSA) is 142 Å². The van der Waals surface area contributed by atoms with Crippen molar-refractivity contribution >= 4 is 19.7 Å². The van der Waals surface area contributed by atoms with E-state index in [-0.39, 0.29) is 6.61 Å². The normalized spacial score (nSPS) is 14.9. The van der Waals surface area contributed by atoms with Crippen LogP contribution in [0.3, 0.4) is 0 Å². The van der Waals surface area contributed by atoms with Crippen LogP contribution < -0.4 is 5.73 Å². The van der Waals surface area contributed by atoms with Crippen LogP contribution in [0.1, 0.15) is 6.92 Å². The van der Waals surface area contributed by atoms with Gasteiger partial charge in [-0.05, 0) is 6.92 Å². The molecule has 100 valence electrons. The molecule has 0 saturated heterocycles. The average molecular weight is 282 g/mol. The predicted molar refractivity (Wildman–Crippen MR) is 56.6 cm³/mol. The Morgan fingerprint density at radius 2 is 1.69 bits per heavy atom. The minimum absolute atomic E-state index is 0.0977. The average Bonchev–Trinajstić information content (AvgIpc) is 2.29. The molecule has 0 aromatic carbocycles. The Kier molecular flexibility index (Phi) is 10.8. The second-order valence-electron chi connectivity index (χ2n) is 2.79. The zero-order chi connectivity index (χ0) is 13.2. The first kappa shape index (κ1) is 18.6. The lowest BCUT2D eigenvalue weighted by atomic mass is 10.1. The van der Waals surface area contributed by atoms with Crippen LogP contribution in [0, 0.1) is 0 Å². The van der Waals surface area contributed by atoms with Gasteiger partial charge in [0.1, 0.15) is 0 Å². The fraction of sp³-hybridized carbons (Fsp3) is 1.00. The molecule has 0 aliphatic heterocycles. The van der Waals surface area contributed by atoms with Crippen molar-refractivity contribution in [1.29, 1.82) is 0 Å². The van der Waals surface area contributed by atoms with Gasteiger partial charge in [-0.2, -0.15) is 4.08 Å². The van der Waals surface area contributed by atoms with E-state index < -0.39 is 33.2 Å². The molecule has 0 aliphatic carbocycles. The summed E-state index contributed by atoms with van der Waals surface area (Å²) in [6, 6.07) is 0. The minimum atomic E-state index is -3.91.